The smallest absolute Gasteiger partial charge is 0.238 e. The van der Waals surface area contributed by atoms with Gasteiger partial charge in [-0.3, -0.25) is 9.48 Å². The first-order chi connectivity index (χ1) is 10.1. The molecule has 0 spiro atoms. The van der Waals surface area contributed by atoms with Gasteiger partial charge in [-0.05, 0) is 19.8 Å². The predicted octanol–water partition coefficient (Wildman–Crippen LogP) is 1.93. The lowest BCUT2D eigenvalue weighted by molar-refractivity contribution is -0.123. The zero-order valence-corrected chi connectivity index (χ0v) is 12.4. The molecule has 4 N–H and O–H groups in total. The molecule has 1 heterocycles. The number of nitrogens with one attached hydrogen (secondary N) is 1. The number of aromatic nitrogens is 2. The summed E-state index contributed by atoms with van der Waals surface area (Å²) in [5.41, 5.74) is 5.57. The Bertz CT molecular complexity index is 515. The summed E-state index contributed by atoms with van der Waals surface area (Å²) >= 11 is 0. The van der Waals surface area contributed by atoms with Gasteiger partial charge < -0.3 is 16.3 Å². The molecule has 116 valence electrons. The van der Waals surface area contributed by atoms with Crippen LogP contribution in [0.5, 0.6) is 0 Å². The van der Waals surface area contributed by atoms with E-state index in [-0.39, 0.29) is 11.7 Å². The fourth-order valence-electron chi connectivity index (χ4n) is 2.88. The van der Waals surface area contributed by atoms with Crippen LogP contribution in [-0.4, -0.2) is 26.7 Å². The predicted molar refractivity (Wildman–Crippen MR) is 80.1 cm³/mol. The molecule has 0 bridgehead atoms. The van der Waals surface area contributed by atoms with Crippen molar-refractivity contribution in [3.05, 3.63) is 12.4 Å². The Labute approximate surface area is 124 Å². The number of rotatable bonds is 4. The van der Waals surface area contributed by atoms with Crippen molar-refractivity contribution in [2.45, 2.75) is 52.0 Å². The van der Waals surface area contributed by atoms with E-state index in [2.05, 4.69) is 15.6 Å². The summed E-state index contributed by atoms with van der Waals surface area (Å²) in [6.07, 6.45) is 8.54. The highest BCUT2D eigenvalue weighted by Crippen LogP contribution is 2.36. The van der Waals surface area contributed by atoms with E-state index in [1.807, 2.05) is 6.92 Å². The van der Waals surface area contributed by atoms with Gasteiger partial charge in [0.1, 0.15) is 5.41 Å². The summed E-state index contributed by atoms with van der Waals surface area (Å²) in [6.45, 7) is 2.71. The summed E-state index contributed by atoms with van der Waals surface area (Å²) in [7, 11) is 0. The monoisotopic (exact) mass is 293 g/mol. The van der Waals surface area contributed by atoms with Crippen LogP contribution < -0.4 is 11.1 Å². The maximum Gasteiger partial charge on any atom is 0.238 e. The lowest BCUT2D eigenvalue weighted by Gasteiger charge is -2.29. The fraction of sp³-hybridized carbons (Fsp3) is 0.643. The van der Waals surface area contributed by atoms with Crippen molar-refractivity contribution in [1.82, 2.24) is 9.78 Å². The van der Waals surface area contributed by atoms with Crippen LogP contribution in [0.25, 0.3) is 0 Å². The molecule has 1 saturated carbocycles. The van der Waals surface area contributed by atoms with E-state index in [0.29, 0.717) is 18.5 Å². The number of amidine groups is 1. The van der Waals surface area contributed by atoms with E-state index >= 15 is 0 Å². The average molecular weight is 293 g/mol. The van der Waals surface area contributed by atoms with Crippen LogP contribution in [0.1, 0.15) is 45.4 Å². The quantitative estimate of drug-likeness (QED) is 0.259. The van der Waals surface area contributed by atoms with E-state index in [0.717, 1.165) is 32.2 Å². The summed E-state index contributed by atoms with van der Waals surface area (Å²) < 4.78 is 1.73. The molecule has 0 unspecified atom stereocenters. The van der Waals surface area contributed by atoms with E-state index in [4.69, 9.17) is 10.9 Å². The van der Waals surface area contributed by atoms with Crippen molar-refractivity contribution >= 4 is 17.4 Å². The Kier molecular flexibility index (Phi) is 4.82. The van der Waals surface area contributed by atoms with Crippen molar-refractivity contribution in [1.29, 1.82) is 0 Å². The van der Waals surface area contributed by atoms with Crippen LogP contribution >= 0.6 is 0 Å². The molecule has 0 aliphatic heterocycles. The topological polar surface area (TPSA) is 106 Å². The van der Waals surface area contributed by atoms with Crippen molar-refractivity contribution < 1.29 is 10.0 Å². The Balaban J connectivity index is 2.21. The number of hydrogen-bond acceptors (Lipinski definition) is 4. The van der Waals surface area contributed by atoms with Gasteiger partial charge in [0.25, 0.3) is 0 Å². The van der Waals surface area contributed by atoms with Crippen LogP contribution in [0.4, 0.5) is 5.69 Å². The van der Waals surface area contributed by atoms with Gasteiger partial charge in [-0.1, -0.05) is 30.8 Å². The zero-order valence-electron chi connectivity index (χ0n) is 12.4. The second kappa shape index (κ2) is 6.60. The highest BCUT2D eigenvalue weighted by Gasteiger charge is 2.43. The Hall–Kier alpha value is -2.05. The van der Waals surface area contributed by atoms with Crippen molar-refractivity contribution in [3.8, 4) is 0 Å². The third kappa shape index (κ3) is 3.17. The van der Waals surface area contributed by atoms with E-state index in [1.54, 1.807) is 17.1 Å². The SMILES string of the molecule is CCn1cc(NC(=O)C2(C(N)=NO)CCCCCC2)cn1. The van der Waals surface area contributed by atoms with Gasteiger partial charge in [-0.25, -0.2) is 0 Å². The van der Waals surface area contributed by atoms with Crippen molar-refractivity contribution in [2.24, 2.45) is 16.3 Å². The third-order valence-electron chi connectivity index (χ3n) is 4.20. The van der Waals surface area contributed by atoms with Crippen molar-refractivity contribution in [2.75, 3.05) is 5.32 Å². The second-order valence-electron chi connectivity index (χ2n) is 5.52. The molecule has 7 nitrogen and oxygen atoms in total. The van der Waals surface area contributed by atoms with Gasteiger partial charge in [0.05, 0.1) is 11.9 Å². The highest BCUT2D eigenvalue weighted by atomic mass is 16.4. The van der Waals surface area contributed by atoms with Gasteiger partial charge >= 0.3 is 0 Å². The lowest BCUT2D eigenvalue weighted by atomic mass is 9.78. The summed E-state index contributed by atoms with van der Waals surface area (Å²) in [5, 5.41) is 19.2. The van der Waals surface area contributed by atoms with Gasteiger partial charge in [-0.2, -0.15) is 5.10 Å². The molecule has 1 amide bonds. The average Bonchev–Trinajstić information content (AvgIpc) is 2.80. The van der Waals surface area contributed by atoms with Crippen LogP contribution in [0.2, 0.25) is 0 Å². The molecule has 21 heavy (non-hydrogen) atoms. The minimum atomic E-state index is -0.917. The largest absolute Gasteiger partial charge is 0.409 e. The molecule has 0 radical (unpaired) electrons. The Morgan fingerprint density at radius 2 is 2.14 bits per heavy atom. The molecule has 1 aromatic heterocycles. The molecule has 1 aliphatic rings. The van der Waals surface area contributed by atoms with Gasteiger partial charge in [0.15, 0.2) is 5.84 Å². The van der Waals surface area contributed by atoms with E-state index in [9.17, 15) is 4.79 Å². The fourth-order valence-corrected chi connectivity index (χ4v) is 2.88. The van der Waals surface area contributed by atoms with E-state index < -0.39 is 5.41 Å². The highest BCUT2D eigenvalue weighted by molar-refractivity contribution is 6.11. The number of amides is 1. The maximum atomic E-state index is 12.7. The molecular formula is C14H23N5O2. The summed E-state index contributed by atoms with van der Waals surface area (Å²) in [4.78, 5) is 12.7. The molecule has 1 fully saturated rings. The maximum absolute atomic E-state index is 12.7. The number of nitrogens with two attached hydrogens (primary N) is 1. The van der Waals surface area contributed by atoms with Gasteiger partial charge in [0.2, 0.25) is 5.91 Å². The van der Waals surface area contributed by atoms with Crippen LogP contribution in [0.3, 0.4) is 0 Å². The number of carbonyl (C=O) groups is 1. The minimum Gasteiger partial charge on any atom is -0.409 e. The van der Waals surface area contributed by atoms with Crippen LogP contribution in [0, 0.1) is 5.41 Å². The normalized spacial score (nSPS) is 19.0. The number of hydrogen-bond donors (Lipinski definition) is 3. The van der Waals surface area contributed by atoms with Crippen LogP contribution in [0.15, 0.2) is 17.5 Å². The third-order valence-corrected chi connectivity index (χ3v) is 4.20. The number of anilines is 1. The molecule has 0 saturated heterocycles. The first-order valence-corrected chi connectivity index (χ1v) is 7.44. The first kappa shape index (κ1) is 15.3. The molecule has 2 rings (SSSR count). The summed E-state index contributed by atoms with van der Waals surface area (Å²) in [5.74, 6) is -0.208. The van der Waals surface area contributed by atoms with Gasteiger partial charge in [-0.15, -0.1) is 0 Å². The lowest BCUT2D eigenvalue weighted by Crippen LogP contribution is -2.46. The molecule has 7 heteroatoms. The number of nitrogens with zero attached hydrogens (tertiary/aromatic N) is 3. The number of aryl methyl sites for hydroxylation is 1. The molecule has 0 atom stereocenters. The Morgan fingerprint density at radius 1 is 1.48 bits per heavy atom. The van der Waals surface area contributed by atoms with Crippen LogP contribution in [-0.2, 0) is 11.3 Å². The van der Waals surface area contributed by atoms with Crippen molar-refractivity contribution in [3.63, 3.8) is 0 Å². The second-order valence-corrected chi connectivity index (χ2v) is 5.52. The van der Waals surface area contributed by atoms with Gasteiger partial charge in [0, 0.05) is 12.7 Å². The zero-order chi connectivity index (χ0) is 15.3. The number of oxime groups is 1. The summed E-state index contributed by atoms with van der Waals surface area (Å²) in [6, 6.07) is 0. The minimum absolute atomic E-state index is 0.00443. The number of carbonyl (C=O) groups excluding carboxylic acids is 1. The molecule has 1 aromatic rings. The first-order valence-electron chi connectivity index (χ1n) is 7.44. The van der Waals surface area contributed by atoms with E-state index in [1.165, 1.54) is 0 Å². The standard InChI is InChI=1S/C14H23N5O2/c1-2-19-10-11(9-16-19)17-13(20)14(12(15)18-21)7-5-3-4-6-8-14/h9-10,21H,2-8H2,1H3,(H2,15,18)(H,17,20). The molecule has 1 aliphatic carbocycles. The molecule has 0 aromatic carbocycles. The Morgan fingerprint density at radius 3 is 2.67 bits per heavy atom. The molecular weight excluding hydrogens is 270 g/mol.